The summed E-state index contributed by atoms with van der Waals surface area (Å²) in [6.07, 6.45) is 3.97. The maximum absolute atomic E-state index is 13.5. The number of thiophene rings is 1. The molecule has 8 heteroatoms. The van der Waals surface area contributed by atoms with E-state index in [0.717, 1.165) is 23.3 Å². The predicted molar refractivity (Wildman–Crippen MR) is 98.3 cm³/mol. The van der Waals surface area contributed by atoms with Gasteiger partial charge in [0.1, 0.15) is 4.88 Å². The van der Waals surface area contributed by atoms with Crippen molar-refractivity contribution < 1.29 is 19.1 Å². The number of rotatable bonds is 5. The Bertz CT molecular complexity index is 987. The van der Waals surface area contributed by atoms with Gasteiger partial charge in [-0.3, -0.25) is 14.6 Å². The van der Waals surface area contributed by atoms with Gasteiger partial charge in [0.15, 0.2) is 11.6 Å². The highest BCUT2D eigenvalue weighted by Crippen LogP contribution is 2.35. The lowest BCUT2D eigenvalue weighted by atomic mass is 10.1. The van der Waals surface area contributed by atoms with Crippen molar-refractivity contribution >= 4 is 38.9 Å². The van der Waals surface area contributed by atoms with Crippen LogP contribution in [0, 0.1) is 5.82 Å². The zero-order chi connectivity index (χ0) is 18.7. The zero-order valence-corrected chi connectivity index (χ0v) is 14.7. The number of aromatic nitrogens is 1. The molecule has 0 spiro atoms. The minimum absolute atomic E-state index is 0.0358. The van der Waals surface area contributed by atoms with Gasteiger partial charge < -0.3 is 15.7 Å². The van der Waals surface area contributed by atoms with E-state index in [1.807, 2.05) is 6.92 Å². The molecule has 3 rings (SSSR count). The minimum atomic E-state index is -0.891. The molecule has 0 unspecified atom stereocenters. The number of nitrogens with zero attached hydrogens (tertiary/aromatic N) is 1. The van der Waals surface area contributed by atoms with E-state index >= 15 is 0 Å². The Morgan fingerprint density at radius 2 is 2.08 bits per heavy atom. The maximum Gasteiger partial charge on any atom is 0.263 e. The maximum atomic E-state index is 13.5. The van der Waals surface area contributed by atoms with Gasteiger partial charge in [0.25, 0.3) is 11.8 Å². The van der Waals surface area contributed by atoms with Crippen LogP contribution in [0.1, 0.15) is 33.4 Å². The Labute approximate surface area is 152 Å². The lowest BCUT2D eigenvalue weighted by Crippen LogP contribution is -2.24. The van der Waals surface area contributed by atoms with E-state index in [1.54, 1.807) is 18.5 Å². The predicted octanol–water partition coefficient (Wildman–Crippen LogP) is 3.53. The molecule has 0 aliphatic carbocycles. The molecule has 0 bridgehead atoms. The molecule has 6 nitrogen and oxygen atoms in total. The van der Waals surface area contributed by atoms with Crippen molar-refractivity contribution in [3.63, 3.8) is 0 Å². The molecule has 3 aromatic rings. The van der Waals surface area contributed by atoms with Gasteiger partial charge in [0.05, 0.1) is 10.4 Å². The second kappa shape index (κ2) is 7.49. The van der Waals surface area contributed by atoms with Crippen molar-refractivity contribution in [1.82, 2.24) is 10.3 Å². The van der Waals surface area contributed by atoms with Crippen LogP contribution in [0.25, 0.3) is 10.1 Å². The summed E-state index contributed by atoms with van der Waals surface area (Å²) in [5.41, 5.74) is 0.396. The van der Waals surface area contributed by atoms with Crippen LogP contribution in [-0.4, -0.2) is 28.4 Å². The molecule has 2 amide bonds. The van der Waals surface area contributed by atoms with E-state index in [0.29, 0.717) is 22.5 Å². The Hall–Kier alpha value is -3.00. The zero-order valence-electron chi connectivity index (χ0n) is 13.9. The van der Waals surface area contributed by atoms with Crippen molar-refractivity contribution in [1.29, 1.82) is 0 Å². The first-order chi connectivity index (χ1) is 12.5. The number of aromatic hydroxyl groups is 1. The highest BCUT2D eigenvalue weighted by Gasteiger charge is 2.21. The van der Waals surface area contributed by atoms with Gasteiger partial charge >= 0.3 is 0 Å². The van der Waals surface area contributed by atoms with Crippen molar-refractivity contribution in [2.24, 2.45) is 0 Å². The number of halogens is 1. The number of nitrogens with one attached hydrogen (secondary N) is 2. The number of fused-ring (bicyclic) bond motifs is 1. The number of phenolic OH excluding ortho intramolecular Hbond substituents is 1. The number of pyridine rings is 1. The van der Waals surface area contributed by atoms with Gasteiger partial charge in [0.2, 0.25) is 0 Å². The van der Waals surface area contributed by atoms with Gasteiger partial charge in [-0.05, 0) is 30.7 Å². The van der Waals surface area contributed by atoms with Gasteiger partial charge in [-0.15, -0.1) is 11.3 Å². The third-order valence-electron chi connectivity index (χ3n) is 3.68. The summed E-state index contributed by atoms with van der Waals surface area (Å²) in [7, 11) is 0. The molecule has 0 saturated carbocycles. The third-order valence-corrected chi connectivity index (χ3v) is 4.82. The van der Waals surface area contributed by atoms with Crippen molar-refractivity contribution in [3.8, 4) is 5.75 Å². The van der Waals surface area contributed by atoms with Crippen LogP contribution >= 0.6 is 11.3 Å². The number of hydrogen-bond acceptors (Lipinski definition) is 5. The van der Waals surface area contributed by atoms with Crippen LogP contribution in [0.4, 0.5) is 10.1 Å². The number of amides is 2. The molecule has 0 fully saturated rings. The standard InChI is InChI=1S/C18H16FN3O3S/c1-2-6-21-18(25)16-15(11-5-7-20-9-14(11)26-16)22-17(24)10-3-4-13(23)12(19)8-10/h3-5,7-9,23H,2,6H2,1H3,(H,21,25)(H,22,24). The molecule has 0 aliphatic heterocycles. The lowest BCUT2D eigenvalue weighted by molar-refractivity contribution is 0.0958. The molecule has 3 N–H and O–H groups in total. The van der Waals surface area contributed by atoms with Crippen molar-refractivity contribution in [2.75, 3.05) is 11.9 Å². The monoisotopic (exact) mass is 373 g/mol. The summed E-state index contributed by atoms with van der Waals surface area (Å²) in [5.74, 6) is -2.30. The summed E-state index contributed by atoms with van der Waals surface area (Å²) in [5, 5.41) is 15.4. The number of anilines is 1. The van der Waals surface area contributed by atoms with Gasteiger partial charge in [0, 0.05) is 29.9 Å². The molecule has 0 saturated heterocycles. The second-order valence-electron chi connectivity index (χ2n) is 5.55. The van der Waals surface area contributed by atoms with Crippen LogP contribution in [0.2, 0.25) is 0 Å². The Balaban J connectivity index is 1.98. The summed E-state index contributed by atoms with van der Waals surface area (Å²) >= 11 is 1.22. The Morgan fingerprint density at radius 3 is 2.81 bits per heavy atom. The average Bonchev–Trinajstić information content (AvgIpc) is 3.00. The first kappa shape index (κ1) is 17.8. The molecular formula is C18H16FN3O3S. The lowest BCUT2D eigenvalue weighted by Gasteiger charge is -2.08. The molecule has 1 aromatic carbocycles. The van der Waals surface area contributed by atoms with E-state index in [1.165, 1.54) is 17.4 Å². The topological polar surface area (TPSA) is 91.3 Å². The molecule has 2 heterocycles. The van der Waals surface area contributed by atoms with Gasteiger partial charge in [-0.2, -0.15) is 0 Å². The van der Waals surface area contributed by atoms with E-state index in [2.05, 4.69) is 15.6 Å². The van der Waals surface area contributed by atoms with Crippen LogP contribution in [0.3, 0.4) is 0 Å². The number of carbonyl (C=O) groups is 2. The highest BCUT2D eigenvalue weighted by atomic mass is 32.1. The summed E-state index contributed by atoms with van der Waals surface area (Å²) in [6.45, 7) is 2.46. The molecule has 0 radical (unpaired) electrons. The summed E-state index contributed by atoms with van der Waals surface area (Å²) in [6, 6.07) is 5.06. The second-order valence-corrected chi connectivity index (χ2v) is 6.61. The van der Waals surface area contributed by atoms with Crippen LogP contribution in [0.5, 0.6) is 5.75 Å². The molecule has 26 heavy (non-hydrogen) atoms. The fourth-order valence-electron chi connectivity index (χ4n) is 2.39. The number of benzene rings is 1. The van der Waals surface area contributed by atoms with Crippen molar-refractivity contribution in [3.05, 3.63) is 52.9 Å². The average molecular weight is 373 g/mol. The first-order valence-corrected chi connectivity index (χ1v) is 8.77. The largest absolute Gasteiger partial charge is 0.505 e. The molecule has 0 aliphatic rings. The minimum Gasteiger partial charge on any atom is -0.505 e. The molecule has 0 atom stereocenters. The Morgan fingerprint density at radius 1 is 1.27 bits per heavy atom. The van der Waals surface area contributed by atoms with E-state index in [9.17, 15) is 19.1 Å². The molecular weight excluding hydrogens is 357 g/mol. The van der Waals surface area contributed by atoms with Gasteiger partial charge in [-0.25, -0.2) is 4.39 Å². The quantitative estimate of drug-likeness (QED) is 0.638. The highest BCUT2D eigenvalue weighted by molar-refractivity contribution is 7.21. The van der Waals surface area contributed by atoms with Crippen molar-refractivity contribution in [2.45, 2.75) is 13.3 Å². The normalized spacial score (nSPS) is 10.7. The Kier molecular flexibility index (Phi) is 5.13. The SMILES string of the molecule is CCCNC(=O)c1sc2cnccc2c1NC(=O)c1ccc(O)c(F)c1. The summed E-state index contributed by atoms with van der Waals surface area (Å²) < 4.78 is 14.3. The van der Waals surface area contributed by atoms with Crippen LogP contribution in [0.15, 0.2) is 36.7 Å². The number of phenols is 1. The van der Waals surface area contributed by atoms with E-state index in [-0.39, 0.29) is 11.5 Å². The number of hydrogen-bond donors (Lipinski definition) is 3. The van der Waals surface area contributed by atoms with Crippen LogP contribution < -0.4 is 10.6 Å². The van der Waals surface area contributed by atoms with E-state index < -0.39 is 17.5 Å². The molecule has 134 valence electrons. The van der Waals surface area contributed by atoms with Crippen LogP contribution in [-0.2, 0) is 0 Å². The fraction of sp³-hybridized carbons (Fsp3) is 0.167. The van der Waals surface area contributed by atoms with E-state index in [4.69, 9.17) is 0 Å². The number of carbonyl (C=O) groups excluding carboxylic acids is 2. The third kappa shape index (κ3) is 3.50. The van der Waals surface area contributed by atoms with Gasteiger partial charge in [-0.1, -0.05) is 6.92 Å². The fourth-order valence-corrected chi connectivity index (χ4v) is 3.43. The smallest absolute Gasteiger partial charge is 0.263 e. The first-order valence-electron chi connectivity index (χ1n) is 7.95. The molecule has 2 aromatic heterocycles. The summed E-state index contributed by atoms with van der Waals surface area (Å²) in [4.78, 5) is 29.3.